The highest BCUT2D eigenvalue weighted by Gasteiger charge is 2.59. The van der Waals surface area contributed by atoms with Crippen LogP contribution in [-0.2, 0) is 19.7 Å². The van der Waals surface area contributed by atoms with Gasteiger partial charge in [-0.2, -0.15) is 0 Å². The average molecular weight is 444 g/mol. The van der Waals surface area contributed by atoms with Crippen LogP contribution < -0.4 is 5.32 Å². The van der Waals surface area contributed by atoms with Crippen molar-refractivity contribution < 1.29 is 14.3 Å². The van der Waals surface area contributed by atoms with Gasteiger partial charge in [0.25, 0.3) is 5.91 Å². The molecule has 2 N–H and O–H groups in total. The Morgan fingerprint density at radius 2 is 2.10 bits per heavy atom. The third-order valence-electron chi connectivity index (χ3n) is 6.77. The van der Waals surface area contributed by atoms with Crippen molar-refractivity contribution in [2.24, 2.45) is 25.9 Å². The number of nitrogens with one attached hydrogen (secondary N) is 1. The van der Waals surface area contributed by atoms with E-state index in [0.29, 0.717) is 29.4 Å². The van der Waals surface area contributed by atoms with E-state index in [-0.39, 0.29) is 22.8 Å². The summed E-state index contributed by atoms with van der Waals surface area (Å²) < 4.78 is 17.0. The number of aryl methyl sites for hydroxylation is 2. The Balaban J connectivity index is 1.37. The lowest BCUT2D eigenvalue weighted by Gasteiger charge is -2.47. The smallest absolute Gasteiger partial charge is 0.274 e. The minimum Gasteiger partial charge on any atom is -0.383 e. The van der Waals surface area contributed by atoms with Crippen molar-refractivity contribution in [1.29, 1.82) is 0 Å². The van der Waals surface area contributed by atoms with Crippen LogP contribution in [0.15, 0.2) is 37.1 Å². The molecule has 0 saturated heterocycles. The second kappa shape index (κ2) is 7.17. The number of hydrogen-bond acceptors (Lipinski definition) is 4. The maximum Gasteiger partial charge on any atom is 0.274 e. The van der Waals surface area contributed by atoms with Gasteiger partial charge in [0.05, 0.1) is 29.1 Å². The first kappa shape index (κ1) is 20.2. The zero-order valence-corrected chi connectivity index (χ0v) is 18.0. The number of nitrogens with zero attached hydrogens (tertiary/aromatic N) is 4. The molecule has 2 saturated carbocycles. The predicted molar refractivity (Wildman–Crippen MR) is 113 cm³/mol. The molecule has 5 rings (SSSR count). The van der Waals surface area contributed by atoms with Gasteiger partial charge in [0.15, 0.2) is 0 Å². The molecule has 4 unspecified atom stereocenters. The standard InChI is InChI=1S/C22H23ClFN5O2/c1-28-9-18(25-10-28)22(31)8-13-5-12(6-15(13)22)19-20(29(2)11-26-19)21(30)27-14-3-4-17(24)16(23)7-14/h3-4,7,9-13,15,31H,5-6,8H2,1-2H3,(H,27,30). The van der Waals surface area contributed by atoms with Crippen molar-refractivity contribution in [2.75, 3.05) is 5.32 Å². The van der Waals surface area contributed by atoms with Crippen LogP contribution in [0.3, 0.4) is 0 Å². The Kier molecular flexibility index (Phi) is 4.67. The second-order valence-corrected chi connectivity index (χ2v) is 9.17. The number of fused-ring (bicyclic) bond motifs is 1. The number of aliphatic hydroxyl groups is 1. The topological polar surface area (TPSA) is 85.0 Å². The molecular weight excluding hydrogens is 421 g/mol. The van der Waals surface area contributed by atoms with Crippen LogP contribution in [0.1, 0.15) is 47.1 Å². The van der Waals surface area contributed by atoms with Crippen LogP contribution in [0.5, 0.6) is 0 Å². The molecule has 0 radical (unpaired) electrons. The van der Waals surface area contributed by atoms with Crippen LogP contribution in [0.25, 0.3) is 0 Å². The Labute approximate surface area is 183 Å². The summed E-state index contributed by atoms with van der Waals surface area (Å²) in [6.45, 7) is 0. The summed E-state index contributed by atoms with van der Waals surface area (Å²) in [5, 5.41) is 14.0. The summed E-state index contributed by atoms with van der Waals surface area (Å²) in [6.07, 6.45) is 7.50. The van der Waals surface area contributed by atoms with E-state index < -0.39 is 11.4 Å². The molecule has 2 aromatic heterocycles. The lowest BCUT2D eigenvalue weighted by molar-refractivity contribution is -0.135. The molecular formula is C22H23ClFN5O2. The Hall–Kier alpha value is -2.71. The molecule has 0 bridgehead atoms. The Morgan fingerprint density at radius 1 is 1.29 bits per heavy atom. The fourth-order valence-corrected chi connectivity index (χ4v) is 5.45. The average Bonchev–Trinajstić information content (AvgIpc) is 3.41. The minimum atomic E-state index is -0.914. The number of halogens is 2. The van der Waals surface area contributed by atoms with Crippen molar-refractivity contribution in [3.63, 3.8) is 0 Å². The molecule has 0 spiro atoms. The monoisotopic (exact) mass is 443 g/mol. The Morgan fingerprint density at radius 3 is 2.81 bits per heavy atom. The van der Waals surface area contributed by atoms with E-state index >= 15 is 0 Å². The maximum absolute atomic E-state index is 13.4. The highest BCUT2D eigenvalue weighted by atomic mass is 35.5. The molecule has 9 heteroatoms. The van der Waals surface area contributed by atoms with Gasteiger partial charge in [0, 0.05) is 31.9 Å². The van der Waals surface area contributed by atoms with Crippen molar-refractivity contribution in [1.82, 2.24) is 19.1 Å². The normalized spacial score (nSPS) is 27.1. The summed E-state index contributed by atoms with van der Waals surface area (Å²) in [7, 11) is 3.66. The fraction of sp³-hybridized carbons (Fsp3) is 0.409. The molecule has 4 atom stereocenters. The van der Waals surface area contributed by atoms with Crippen LogP contribution in [0, 0.1) is 17.7 Å². The first-order valence-corrected chi connectivity index (χ1v) is 10.6. The third-order valence-corrected chi connectivity index (χ3v) is 7.06. The molecule has 2 aliphatic rings. The highest BCUT2D eigenvalue weighted by Crippen LogP contribution is 2.61. The van der Waals surface area contributed by atoms with Gasteiger partial charge >= 0.3 is 0 Å². The summed E-state index contributed by atoms with van der Waals surface area (Å²) >= 11 is 5.83. The SMILES string of the molecule is Cn1cnc(C2(O)CC3CC(c4ncn(C)c4C(=O)Nc4ccc(F)c(Cl)c4)CC32)c1. The van der Waals surface area contributed by atoms with E-state index in [1.54, 1.807) is 24.3 Å². The number of carbonyl (C=O) groups excluding carboxylic acids is 1. The lowest BCUT2D eigenvalue weighted by atomic mass is 9.61. The van der Waals surface area contributed by atoms with Crippen LogP contribution in [-0.4, -0.2) is 30.1 Å². The highest BCUT2D eigenvalue weighted by molar-refractivity contribution is 6.31. The summed E-state index contributed by atoms with van der Waals surface area (Å²) in [4.78, 5) is 21.9. The molecule has 0 aliphatic heterocycles. The van der Waals surface area contributed by atoms with Gasteiger partial charge in [-0.05, 0) is 49.3 Å². The van der Waals surface area contributed by atoms with E-state index in [2.05, 4.69) is 15.3 Å². The first-order chi connectivity index (χ1) is 14.8. The third kappa shape index (κ3) is 3.25. The fourth-order valence-electron chi connectivity index (χ4n) is 5.27. The second-order valence-electron chi connectivity index (χ2n) is 8.76. The lowest BCUT2D eigenvalue weighted by Crippen LogP contribution is -2.49. The van der Waals surface area contributed by atoms with Crippen molar-refractivity contribution in [3.05, 3.63) is 65.0 Å². The number of amides is 1. The van der Waals surface area contributed by atoms with Gasteiger partial charge in [-0.15, -0.1) is 0 Å². The van der Waals surface area contributed by atoms with Crippen molar-refractivity contribution in [3.8, 4) is 0 Å². The van der Waals surface area contributed by atoms with E-state index in [1.165, 1.54) is 18.2 Å². The molecule has 7 nitrogen and oxygen atoms in total. The number of hydrogen-bond donors (Lipinski definition) is 2. The van der Waals surface area contributed by atoms with E-state index in [9.17, 15) is 14.3 Å². The molecule has 2 heterocycles. The van der Waals surface area contributed by atoms with Crippen LogP contribution >= 0.6 is 11.6 Å². The van der Waals surface area contributed by atoms with Gasteiger partial charge in [-0.25, -0.2) is 14.4 Å². The maximum atomic E-state index is 13.4. The molecule has 2 aliphatic carbocycles. The molecule has 162 valence electrons. The zero-order chi connectivity index (χ0) is 21.9. The largest absolute Gasteiger partial charge is 0.383 e. The Bertz CT molecular complexity index is 1170. The van der Waals surface area contributed by atoms with E-state index in [4.69, 9.17) is 11.6 Å². The van der Waals surface area contributed by atoms with Gasteiger partial charge in [-0.1, -0.05) is 11.6 Å². The van der Waals surface area contributed by atoms with E-state index in [1.807, 2.05) is 17.8 Å². The first-order valence-electron chi connectivity index (χ1n) is 10.2. The van der Waals surface area contributed by atoms with Gasteiger partial charge in [-0.3, -0.25) is 4.79 Å². The molecule has 2 fully saturated rings. The molecule has 31 heavy (non-hydrogen) atoms. The van der Waals surface area contributed by atoms with Crippen molar-refractivity contribution in [2.45, 2.75) is 30.8 Å². The number of benzene rings is 1. The van der Waals surface area contributed by atoms with Gasteiger partial charge < -0.3 is 19.6 Å². The van der Waals surface area contributed by atoms with Gasteiger partial charge in [0.2, 0.25) is 0 Å². The molecule has 1 amide bonds. The number of rotatable bonds is 4. The molecule has 1 aromatic carbocycles. The zero-order valence-electron chi connectivity index (χ0n) is 17.2. The van der Waals surface area contributed by atoms with Crippen LogP contribution in [0.2, 0.25) is 5.02 Å². The summed E-state index contributed by atoms with van der Waals surface area (Å²) in [6, 6.07) is 4.07. The number of imidazole rings is 2. The van der Waals surface area contributed by atoms with Crippen molar-refractivity contribution >= 4 is 23.2 Å². The summed E-state index contributed by atoms with van der Waals surface area (Å²) in [5.74, 6) is -0.307. The number of carbonyl (C=O) groups is 1. The van der Waals surface area contributed by atoms with Crippen LogP contribution in [0.4, 0.5) is 10.1 Å². The predicted octanol–water partition coefficient (Wildman–Crippen LogP) is 3.60. The number of anilines is 1. The van der Waals surface area contributed by atoms with E-state index in [0.717, 1.165) is 18.5 Å². The summed E-state index contributed by atoms with van der Waals surface area (Å²) in [5.41, 5.74) is 1.41. The number of aromatic nitrogens is 4. The van der Waals surface area contributed by atoms with Gasteiger partial charge in [0.1, 0.15) is 17.1 Å². The minimum absolute atomic E-state index is 0.0517. The quantitative estimate of drug-likeness (QED) is 0.645. The molecule has 3 aromatic rings.